The lowest BCUT2D eigenvalue weighted by Gasteiger charge is -2.06. The van der Waals surface area contributed by atoms with Gasteiger partial charge in [-0.3, -0.25) is 10.1 Å². The Bertz CT molecular complexity index is 688. The van der Waals surface area contributed by atoms with Crippen LogP contribution in [-0.2, 0) is 6.54 Å². The van der Waals surface area contributed by atoms with Gasteiger partial charge in [-0.05, 0) is 17.7 Å². The third kappa shape index (κ3) is 3.72. The predicted octanol–water partition coefficient (Wildman–Crippen LogP) is 2.44. The average molecular weight is 291 g/mol. The monoisotopic (exact) mass is 291 g/mol. The molecule has 8 heteroatoms. The first-order chi connectivity index (χ1) is 9.95. The van der Waals surface area contributed by atoms with Crippen molar-refractivity contribution in [1.29, 1.82) is 0 Å². The molecule has 108 valence electrons. The SMILES string of the molecule is O=C(O)c1ccc(CNc2cc(F)cc([N+](=O)[O-])c2)cn1. The zero-order chi connectivity index (χ0) is 15.4. The van der Waals surface area contributed by atoms with Crippen molar-refractivity contribution in [3.8, 4) is 0 Å². The van der Waals surface area contributed by atoms with Gasteiger partial charge in [0.25, 0.3) is 5.69 Å². The molecular formula is C13H10FN3O4. The Morgan fingerprint density at radius 1 is 1.38 bits per heavy atom. The van der Waals surface area contributed by atoms with E-state index in [1.807, 2.05) is 0 Å². The summed E-state index contributed by atoms with van der Waals surface area (Å²) in [4.78, 5) is 24.3. The van der Waals surface area contributed by atoms with Crippen molar-refractivity contribution in [2.24, 2.45) is 0 Å². The Morgan fingerprint density at radius 2 is 2.14 bits per heavy atom. The second kappa shape index (κ2) is 5.95. The first kappa shape index (κ1) is 14.4. The number of hydrogen-bond donors (Lipinski definition) is 2. The van der Waals surface area contributed by atoms with Crippen LogP contribution in [0.4, 0.5) is 15.8 Å². The predicted molar refractivity (Wildman–Crippen MR) is 71.6 cm³/mol. The minimum absolute atomic E-state index is 0.0832. The third-order valence-corrected chi connectivity index (χ3v) is 2.63. The number of aromatic nitrogens is 1. The molecule has 2 aromatic rings. The number of rotatable bonds is 5. The summed E-state index contributed by atoms with van der Waals surface area (Å²) in [5.74, 6) is -1.85. The molecule has 0 fully saturated rings. The molecule has 2 N–H and O–H groups in total. The molecule has 0 saturated carbocycles. The van der Waals surface area contributed by atoms with Gasteiger partial charge in [0.15, 0.2) is 0 Å². The largest absolute Gasteiger partial charge is 0.477 e. The minimum atomic E-state index is -1.13. The van der Waals surface area contributed by atoms with Gasteiger partial charge in [-0.25, -0.2) is 14.2 Å². The van der Waals surface area contributed by atoms with Crippen LogP contribution in [0, 0.1) is 15.9 Å². The number of carboxylic acid groups (broad SMARTS) is 1. The Morgan fingerprint density at radius 3 is 2.71 bits per heavy atom. The maximum absolute atomic E-state index is 13.2. The molecule has 1 aromatic carbocycles. The lowest BCUT2D eigenvalue weighted by Crippen LogP contribution is -2.04. The Balaban J connectivity index is 2.09. The molecule has 0 amide bonds. The van der Waals surface area contributed by atoms with E-state index in [1.54, 1.807) is 6.07 Å². The lowest BCUT2D eigenvalue weighted by atomic mass is 10.2. The van der Waals surface area contributed by atoms with Crippen LogP contribution >= 0.6 is 0 Å². The van der Waals surface area contributed by atoms with E-state index in [0.29, 0.717) is 5.56 Å². The van der Waals surface area contributed by atoms with Crippen LogP contribution in [-0.4, -0.2) is 21.0 Å². The molecule has 0 radical (unpaired) electrons. The number of carbonyl (C=O) groups is 1. The zero-order valence-corrected chi connectivity index (χ0v) is 10.6. The summed E-state index contributed by atoms with van der Waals surface area (Å²) < 4.78 is 13.2. The number of anilines is 1. The van der Waals surface area contributed by atoms with Crippen LogP contribution in [0.2, 0.25) is 0 Å². The van der Waals surface area contributed by atoms with Crippen molar-refractivity contribution in [2.45, 2.75) is 6.54 Å². The topological polar surface area (TPSA) is 105 Å². The zero-order valence-electron chi connectivity index (χ0n) is 10.6. The summed E-state index contributed by atoms with van der Waals surface area (Å²) in [6.45, 7) is 0.230. The molecule has 2 rings (SSSR count). The van der Waals surface area contributed by atoms with Crippen molar-refractivity contribution in [1.82, 2.24) is 4.98 Å². The van der Waals surface area contributed by atoms with Gasteiger partial charge in [0.1, 0.15) is 11.5 Å². The van der Waals surface area contributed by atoms with Crippen LogP contribution < -0.4 is 5.32 Å². The molecule has 0 aliphatic carbocycles. The number of nitrogens with zero attached hydrogens (tertiary/aromatic N) is 2. The standard InChI is InChI=1S/C13H10FN3O4/c14-9-3-10(5-11(4-9)17(20)21)15-6-8-1-2-12(13(18)19)16-7-8/h1-5,7,15H,6H2,(H,18,19). The molecule has 0 saturated heterocycles. The molecule has 21 heavy (non-hydrogen) atoms. The molecule has 0 aliphatic heterocycles. The number of nitro benzene ring substituents is 1. The highest BCUT2D eigenvalue weighted by Gasteiger charge is 2.10. The Labute approximate surface area is 118 Å². The number of pyridine rings is 1. The highest BCUT2D eigenvalue weighted by atomic mass is 19.1. The van der Waals surface area contributed by atoms with Gasteiger partial charge in [-0.1, -0.05) is 6.07 Å². The maximum atomic E-state index is 13.2. The van der Waals surface area contributed by atoms with E-state index in [2.05, 4.69) is 10.3 Å². The summed E-state index contributed by atoms with van der Waals surface area (Å²) in [5, 5.41) is 22.2. The van der Waals surface area contributed by atoms with Gasteiger partial charge in [-0.2, -0.15) is 0 Å². The summed E-state index contributed by atoms with van der Waals surface area (Å²) in [6, 6.07) is 6.06. The first-order valence-corrected chi connectivity index (χ1v) is 5.83. The number of carboxylic acids is 1. The van der Waals surface area contributed by atoms with E-state index in [4.69, 9.17) is 5.11 Å². The van der Waals surface area contributed by atoms with Crippen LogP contribution in [0.3, 0.4) is 0 Å². The van der Waals surface area contributed by atoms with Crippen molar-refractivity contribution < 1.29 is 19.2 Å². The summed E-state index contributed by atoms with van der Waals surface area (Å²) in [6.07, 6.45) is 1.37. The molecule has 0 atom stereocenters. The third-order valence-electron chi connectivity index (χ3n) is 2.63. The van der Waals surface area contributed by atoms with Gasteiger partial charge < -0.3 is 10.4 Å². The number of hydrogen-bond acceptors (Lipinski definition) is 5. The van der Waals surface area contributed by atoms with Crippen LogP contribution in [0.5, 0.6) is 0 Å². The molecule has 7 nitrogen and oxygen atoms in total. The van der Waals surface area contributed by atoms with Crippen molar-refractivity contribution in [3.63, 3.8) is 0 Å². The van der Waals surface area contributed by atoms with Crippen LogP contribution in [0.1, 0.15) is 16.1 Å². The smallest absolute Gasteiger partial charge is 0.354 e. The van der Waals surface area contributed by atoms with E-state index >= 15 is 0 Å². The highest BCUT2D eigenvalue weighted by molar-refractivity contribution is 5.85. The van der Waals surface area contributed by atoms with Gasteiger partial charge >= 0.3 is 5.97 Å². The summed E-state index contributed by atoms with van der Waals surface area (Å²) in [5.41, 5.74) is 0.480. The number of nitrogens with one attached hydrogen (secondary N) is 1. The fraction of sp³-hybridized carbons (Fsp3) is 0.0769. The van der Waals surface area contributed by atoms with E-state index in [1.165, 1.54) is 18.3 Å². The normalized spacial score (nSPS) is 10.1. The van der Waals surface area contributed by atoms with Gasteiger partial charge in [-0.15, -0.1) is 0 Å². The molecule has 0 bridgehead atoms. The number of nitro groups is 1. The molecular weight excluding hydrogens is 281 g/mol. The van der Waals surface area contributed by atoms with Crippen LogP contribution in [0.15, 0.2) is 36.5 Å². The quantitative estimate of drug-likeness (QED) is 0.647. The summed E-state index contributed by atoms with van der Waals surface area (Å²) in [7, 11) is 0. The fourth-order valence-electron chi connectivity index (χ4n) is 1.64. The molecule has 1 heterocycles. The molecule has 0 spiro atoms. The second-order valence-electron chi connectivity index (χ2n) is 4.17. The number of halogens is 1. The Hall–Kier alpha value is -3.03. The number of benzene rings is 1. The number of aromatic carboxylic acids is 1. The summed E-state index contributed by atoms with van der Waals surface area (Å²) >= 11 is 0. The highest BCUT2D eigenvalue weighted by Crippen LogP contribution is 2.20. The van der Waals surface area contributed by atoms with Crippen LogP contribution in [0.25, 0.3) is 0 Å². The minimum Gasteiger partial charge on any atom is -0.477 e. The van der Waals surface area contributed by atoms with Crippen molar-refractivity contribution in [3.05, 3.63) is 63.7 Å². The number of non-ortho nitro benzene ring substituents is 1. The molecule has 0 aliphatic rings. The van der Waals surface area contributed by atoms with Gasteiger partial charge in [0.2, 0.25) is 0 Å². The Kier molecular flexibility index (Phi) is 4.07. The van der Waals surface area contributed by atoms with Gasteiger partial charge in [0.05, 0.1) is 11.0 Å². The van der Waals surface area contributed by atoms with Crippen molar-refractivity contribution in [2.75, 3.05) is 5.32 Å². The van der Waals surface area contributed by atoms with E-state index in [-0.39, 0.29) is 23.6 Å². The van der Waals surface area contributed by atoms with Crippen molar-refractivity contribution >= 4 is 17.3 Å². The maximum Gasteiger partial charge on any atom is 0.354 e. The van der Waals surface area contributed by atoms with E-state index in [9.17, 15) is 19.3 Å². The lowest BCUT2D eigenvalue weighted by molar-refractivity contribution is -0.385. The molecule has 0 unspecified atom stereocenters. The molecule has 1 aromatic heterocycles. The second-order valence-corrected chi connectivity index (χ2v) is 4.17. The van der Waals surface area contributed by atoms with Gasteiger partial charge in [0, 0.05) is 24.5 Å². The van der Waals surface area contributed by atoms with E-state index < -0.39 is 16.7 Å². The fourth-order valence-corrected chi connectivity index (χ4v) is 1.64. The van der Waals surface area contributed by atoms with E-state index in [0.717, 1.165) is 12.1 Å². The average Bonchev–Trinajstić information content (AvgIpc) is 2.45. The first-order valence-electron chi connectivity index (χ1n) is 5.83.